The van der Waals surface area contributed by atoms with Gasteiger partial charge in [-0.2, -0.15) is 5.10 Å². The zero-order valence-corrected chi connectivity index (χ0v) is 17.8. The van der Waals surface area contributed by atoms with Crippen molar-refractivity contribution in [2.45, 2.75) is 20.4 Å². The molecule has 0 saturated heterocycles. The van der Waals surface area contributed by atoms with Crippen molar-refractivity contribution in [3.63, 3.8) is 0 Å². The first kappa shape index (κ1) is 19.9. The molecule has 0 radical (unpaired) electrons. The largest absolute Gasteiger partial charge is 0.368 e. The molecular formula is C24H22FN7. The fourth-order valence-corrected chi connectivity index (χ4v) is 3.94. The van der Waals surface area contributed by atoms with Crippen LogP contribution in [0.4, 0.5) is 10.2 Å². The molecule has 0 saturated carbocycles. The van der Waals surface area contributed by atoms with Crippen molar-refractivity contribution >= 4 is 16.7 Å². The minimum Gasteiger partial charge on any atom is -0.368 e. The number of rotatable bonds is 6. The van der Waals surface area contributed by atoms with Crippen LogP contribution >= 0.6 is 0 Å². The third kappa shape index (κ3) is 3.71. The fraction of sp³-hybridized carbons (Fsp3) is 0.167. The van der Waals surface area contributed by atoms with E-state index in [2.05, 4.69) is 30.5 Å². The summed E-state index contributed by atoms with van der Waals surface area (Å²) >= 11 is 0. The second kappa shape index (κ2) is 8.22. The highest BCUT2D eigenvalue weighted by Crippen LogP contribution is 2.26. The Morgan fingerprint density at radius 3 is 2.53 bits per heavy atom. The lowest BCUT2D eigenvalue weighted by Gasteiger charge is -2.11. The van der Waals surface area contributed by atoms with Crippen molar-refractivity contribution in [2.75, 3.05) is 11.9 Å². The first-order valence-electron chi connectivity index (χ1n) is 10.4. The molecule has 0 aliphatic heterocycles. The molecule has 0 fully saturated rings. The summed E-state index contributed by atoms with van der Waals surface area (Å²) in [5.74, 6) is 1.25. The van der Waals surface area contributed by atoms with E-state index in [1.165, 1.54) is 12.4 Å². The standard InChI is InChI=1S/C24H22FN7/c1-15-3-8-20(25)23-19(15)11-16(2)32(23)10-9-26-22-12-21(27-13-28-22)17-4-6-18(7-5-17)24-29-14-30-31-24/h3-8,11-14H,9-10H2,1-2H3,(H,26,27,28)(H,29,30,31). The lowest BCUT2D eigenvalue weighted by Crippen LogP contribution is -2.13. The summed E-state index contributed by atoms with van der Waals surface area (Å²) < 4.78 is 16.5. The summed E-state index contributed by atoms with van der Waals surface area (Å²) in [4.78, 5) is 12.9. The molecule has 7 nitrogen and oxygen atoms in total. The Morgan fingerprint density at radius 2 is 1.75 bits per heavy atom. The monoisotopic (exact) mass is 427 g/mol. The molecule has 3 heterocycles. The Balaban J connectivity index is 1.31. The molecule has 5 rings (SSSR count). The fourth-order valence-electron chi connectivity index (χ4n) is 3.94. The van der Waals surface area contributed by atoms with E-state index in [9.17, 15) is 4.39 Å². The number of hydrogen-bond donors (Lipinski definition) is 2. The average molecular weight is 427 g/mol. The molecule has 0 spiro atoms. The lowest BCUT2D eigenvalue weighted by atomic mass is 10.1. The van der Waals surface area contributed by atoms with E-state index in [1.807, 2.05) is 60.9 Å². The molecule has 32 heavy (non-hydrogen) atoms. The van der Waals surface area contributed by atoms with Crippen LogP contribution in [-0.2, 0) is 6.54 Å². The van der Waals surface area contributed by atoms with Gasteiger partial charge in [0.25, 0.3) is 0 Å². The van der Waals surface area contributed by atoms with Crippen LogP contribution in [0.5, 0.6) is 0 Å². The second-order valence-corrected chi connectivity index (χ2v) is 7.69. The number of H-pyrrole nitrogens is 1. The van der Waals surface area contributed by atoms with Gasteiger partial charge in [-0.3, -0.25) is 5.10 Å². The van der Waals surface area contributed by atoms with Gasteiger partial charge in [-0.05, 0) is 31.5 Å². The number of aryl methyl sites for hydroxylation is 2. The van der Waals surface area contributed by atoms with Crippen LogP contribution in [-0.4, -0.2) is 36.3 Å². The highest BCUT2D eigenvalue weighted by molar-refractivity contribution is 5.85. The lowest BCUT2D eigenvalue weighted by molar-refractivity contribution is 0.621. The van der Waals surface area contributed by atoms with Gasteiger partial charge in [0.15, 0.2) is 5.82 Å². The molecule has 8 heteroatoms. The zero-order chi connectivity index (χ0) is 22.1. The highest BCUT2D eigenvalue weighted by Gasteiger charge is 2.12. The van der Waals surface area contributed by atoms with Crippen LogP contribution in [0.3, 0.4) is 0 Å². The third-order valence-electron chi connectivity index (χ3n) is 5.61. The van der Waals surface area contributed by atoms with E-state index in [0.29, 0.717) is 18.6 Å². The van der Waals surface area contributed by atoms with Crippen LogP contribution in [0.2, 0.25) is 0 Å². The molecule has 160 valence electrons. The SMILES string of the molecule is Cc1ccc(F)c2c1cc(C)n2CCNc1cc(-c2ccc(-c3ncn[nH]3)cc2)ncn1. The average Bonchev–Trinajstić information content (AvgIpc) is 3.46. The summed E-state index contributed by atoms with van der Waals surface area (Å²) in [7, 11) is 0. The van der Waals surface area contributed by atoms with Gasteiger partial charge in [0.2, 0.25) is 0 Å². The highest BCUT2D eigenvalue weighted by atomic mass is 19.1. The van der Waals surface area contributed by atoms with E-state index in [4.69, 9.17) is 0 Å². The van der Waals surface area contributed by atoms with Crippen LogP contribution in [0.25, 0.3) is 33.5 Å². The van der Waals surface area contributed by atoms with Crippen LogP contribution in [0, 0.1) is 19.7 Å². The Kier molecular flexibility index (Phi) is 5.10. The van der Waals surface area contributed by atoms with Crippen molar-refractivity contribution in [3.05, 3.63) is 78.3 Å². The van der Waals surface area contributed by atoms with E-state index in [-0.39, 0.29) is 5.82 Å². The number of anilines is 1. The summed E-state index contributed by atoms with van der Waals surface area (Å²) in [6.45, 7) is 5.24. The molecule has 0 amide bonds. The van der Waals surface area contributed by atoms with E-state index in [0.717, 1.165) is 45.1 Å². The van der Waals surface area contributed by atoms with Gasteiger partial charge in [-0.25, -0.2) is 19.3 Å². The topological polar surface area (TPSA) is 84.3 Å². The summed E-state index contributed by atoms with van der Waals surface area (Å²) in [6, 6.07) is 15.2. The van der Waals surface area contributed by atoms with Crippen molar-refractivity contribution in [1.29, 1.82) is 0 Å². The molecule has 0 atom stereocenters. The molecule has 2 N–H and O–H groups in total. The predicted molar refractivity (Wildman–Crippen MR) is 123 cm³/mol. The van der Waals surface area contributed by atoms with Gasteiger partial charge in [0.05, 0.1) is 11.2 Å². The first-order valence-corrected chi connectivity index (χ1v) is 10.4. The number of aromatic amines is 1. The minimum atomic E-state index is -0.197. The van der Waals surface area contributed by atoms with Crippen molar-refractivity contribution in [2.24, 2.45) is 0 Å². The predicted octanol–water partition coefficient (Wildman–Crippen LogP) is 4.75. The van der Waals surface area contributed by atoms with Crippen LogP contribution in [0.15, 0.2) is 61.2 Å². The summed E-state index contributed by atoms with van der Waals surface area (Å²) in [6.07, 6.45) is 3.03. The quantitative estimate of drug-likeness (QED) is 0.408. The smallest absolute Gasteiger partial charge is 0.155 e. The van der Waals surface area contributed by atoms with Gasteiger partial charge >= 0.3 is 0 Å². The number of aromatic nitrogens is 6. The molecular weight excluding hydrogens is 405 g/mol. The Labute approximate surface area is 184 Å². The van der Waals surface area contributed by atoms with Crippen LogP contribution < -0.4 is 5.32 Å². The Morgan fingerprint density at radius 1 is 0.938 bits per heavy atom. The molecule has 0 bridgehead atoms. The maximum atomic E-state index is 14.5. The maximum absolute atomic E-state index is 14.5. The number of benzene rings is 2. The molecule has 3 aromatic heterocycles. The van der Waals surface area contributed by atoms with Gasteiger partial charge in [0, 0.05) is 41.4 Å². The summed E-state index contributed by atoms with van der Waals surface area (Å²) in [5.41, 5.74) is 5.51. The number of hydrogen-bond acceptors (Lipinski definition) is 5. The molecule has 0 unspecified atom stereocenters. The van der Waals surface area contributed by atoms with Gasteiger partial charge < -0.3 is 9.88 Å². The molecule has 0 aliphatic carbocycles. The molecule has 0 aliphatic rings. The van der Waals surface area contributed by atoms with Crippen LogP contribution in [0.1, 0.15) is 11.3 Å². The normalized spacial score (nSPS) is 11.2. The third-order valence-corrected chi connectivity index (χ3v) is 5.61. The van der Waals surface area contributed by atoms with E-state index < -0.39 is 0 Å². The molecule has 5 aromatic rings. The van der Waals surface area contributed by atoms with E-state index >= 15 is 0 Å². The van der Waals surface area contributed by atoms with Crippen molar-refractivity contribution in [1.82, 2.24) is 29.7 Å². The Hall–Kier alpha value is -4.07. The van der Waals surface area contributed by atoms with Gasteiger partial charge in [0.1, 0.15) is 24.3 Å². The number of nitrogens with zero attached hydrogens (tertiary/aromatic N) is 5. The first-order chi connectivity index (χ1) is 15.6. The van der Waals surface area contributed by atoms with Gasteiger partial charge in [-0.1, -0.05) is 30.3 Å². The number of nitrogens with one attached hydrogen (secondary N) is 2. The zero-order valence-electron chi connectivity index (χ0n) is 17.8. The van der Waals surface area contributed by atoms with Crippen molar-refractivity contribution in [3.8, 4) is 22.6 Å². The second-order valence-electron chi connectivity index (χ2n) is 7.69. The van der Waals surface area contributed by atoms with Crippen molar-refractivity contribution < 1.29 is 4.39 Å². The molecule has 2 aromatic carbocycles. The minimum absolute atomic E-state index is 0.197. The number of halogens is 1. The maximum Gasteiger partial charge on any atom is 0.155 e. The summed E-state index contributed by atoms with van der Waals surface area (Å²) in [5, 5.41) is 11.0. The Bertz CT molecular complexity index is 1370. The van der Waals surface area contributed by atoms with E-state index in [1.54, 1.807) is 6.33 Å². The number of fused-ring (bicyclic) bond motifs is 1. The van der Waals surface area contributed by atoms with Gasteiger partial charge in [-0.15, -0.1) is 0 Å².